The first-order valence-electron chi connectivity index (χ1n) is 6.11. The maximum atomic E-state index is 2.29. The zero-order valence-corrected chi connectivity index (χ0v) is 10.8. The summed E-state index contributed by atoms with van der Waals surface area (Å²) < 4.78 is 0. The van der Waals surface area contributed by atoms with Crippen molar-refractivity contribution < 1.29 is 0 Å². The van der Waals surface area contributed by atoms with Crippen molar-refractivity contribution in [3.8, 4) is 0 Å². The number of hydrogen-bond donors (Lipinski definition) is 0. The topological polar surface area (TPSA) is 0 Å². The molecule has 1 aliphatic rings. The molecule has 0 radical (unpaired) electrons. The molecule has 0 heterocycles. The Morgan fingerprint density at radius 1 is 0.941 bits per heavy atom. The summed E-state index contributed by atoms with van der Waals surface area (Å²) in [5.41, 5.74) is 4.43. The summed E-state index contributed by atoms with van der Waals surface area (Å²) >= 11 is 2.02. The third kappa shape index (κ3) is 2.39. The number of hydrogen-bond acceptors (Lipinski definition) is 1. The van der Waals surface area contributed by atoms with Crippen molar-refractivity contribution in [1.29, 1.82) is 0 Å². The lowest BCUT2D eigenvalue weighted by Gasteiger charge is -2.09. The van der Waals surface area contributed by atoms with Gasteiger partial charge in [0.2, 0.25) is 0 Å². The van der Waals surface area contributed by atoms with Crippen LogP contribution in [0.15, 0.2) is 53.4 Å². The molecule has 86 valence electrons. The number of rotatable bonds is 2. The van der Waals surface area contributed by atoms with Crippen molar-refractivity contribution in [3.05, 3.63) is 65.2 Å². The van der Waals surface area contributed by atoms with Gasteiger partial charge in [-0.1, -0.05) is 42.0 Å². The van der Waals surface area contributed by atoms with E-state index in [9.17, 15) is 0 Å². The van der Waals surface area contributed by atoms with Crippen LogP contribution in [0.2, 0.25) is 0 Å². The van der Waals surface area contributed by atoms with Gasteiger partial charge in [-0.2, -0.15) is 0 Å². The van der Waals surface area contributed by atoms with Crippen molar-refractivity contribution in [2.24, 2.45) is 0 Å². The Balaban J connectivity index is 1.74. The van der Waals surface area contributed by atoms with Crippen LogP contribution in [0.25, 0.3) is 0 Å². The predicted octanol–water partition coefficient (Wildman–Crippen LogP) is 4.25. The number of thioether (sulfide) groups is 1. The highest BCUT2D eigenvalue weighted by Crippen LogP contribution is 2.34. The minimum atomic E-state index is 0.717. The maximum Gasteiger partial charge on any atom is 0.0175 e. The summed E-state index contributed by atoms with van der Waals surface area (Å²) in [4.78, 5) is 1.41. The Labute approximate surface area is 107 Å². The van der Waals surface area contributed by atoms with E-state index in [1.807, 2.05) is 11.8 Å². The van der Waals surface area contributed by atoms with Crippen molar-refractivity contribution in [3.63, 3.8) is 0 Å². The van der Waals surface area contributed by atoms with Gasteiger partial charge in [0.15, 0.2) is 0 Å². The normalized spacial score (nSPS) is 14.9. The third-order valence-corrected chi connectivity index (χ3v) is 4.50. The lowest BCUT2D eigenvalue weighted by Crippen LogP contribution is -2.00. The van der Waals surface area contributed by atoms with Crippen LogP contribution in [-0.4, -0.2) is 5.25 Å². The van der Waals surface area contributed by atoms with Gasteiger partial charge in [0.1, 0.15) is 0 Å². The average Bonchev–Trinajstić information content (AvgIpc) is 2.71. The Bertz CT molecular complexity index is 506. The Kier molecular flexibility index (Phi) is 2.94. The molecule has 1 aliphatic carbocycles. The fraction of sp³-hybridized carbons (Fsp3) is 0.250. The van der Waals surface area contributed by atoms with Gasteiger partial charge in [-0.25, -0.2) is 0 Å². The van der Waals surface area contributed by atoms with Crippen LogP contribution in [0.3, 0.4) is 0 Å². The first kappa shape index (κ1) is 10.9. The van der Waals surface area contributed by atoms with Crippen molar-refractivity contribution >= 4 is 11.8 Å². The molecule has 0 spiro atoms. The van der Waals surface area contributed by atoms with Crippen LogP contribution in [0.1, 0.15) is 16.7 Å². The quantitative estimate of drug-likeness (QED) is 0.756. The SMILES string of the molecule is Cc1cccc(SC2Cc3ccccc3C2)c1. The number of fused-ring (bicyclic) bond motifs is 1. The lowest BCUT2D eigenvalue weighted by atomic mass is 10.1. The molecule has 0 amide bonds. The molecule has 0 aromatic heterocycles. The van der Waals surface area contributed by atoms with E-state index >= 15 is 0 Å². The van der Waals surface area contributed by atoms with Crippen LogP contribution >= 0.6 is 11.8 Å². The molecule has 0 atom stereocenters. The largest absolute Gasteiger partial charge is 0.122 e. The minimum absolute atomic E-state index is 0.717. The molecule has 1 heteroatoms. The molecule has 0 fully saturated rings. The zero-order chi connectivity index (χ0) is 11.7. The highest BCUT2D eigenvalue weighted by Gasteiger charge is 2.21. The van der Waals surface area contributed by atoms with Gasteiger partial charge in [-0.15, -0.1) is 11.8 Å². The van der Waals surface area contributed by atoms with Crippen LogP contribution in [0, 0.1) is 6.92 Å². The van der Waals surface area contributed by atoms with Crippen molar-refractivity contribution in [2.75, 3.05) is 0 Å². The molecule has 0 bridgehead atoms. The molecule has 0 nitrogen and oxygen atoms in total. The highest BCUT2D eigenvalue weighted by molar-refractivity contribution is 8.00. The van der Waals surface area contributed by atoms with E-state index in [1.54, 1.807) is 0 Å². The van der Waals surface area contributed by atoms with Gasteiger partial charge >= 0.3 is 0 Å². The summed E-state index contributed by atoms with van der Waals surface area (Å²) in [6, 6.07) is 17.7. The molecule has 2 aromatic rings. The minimum Gasteiger partial charge on any atom is -0.122 e. The zero-order valence-electron chi connectivity index (χ0n) is 10.0. The van der Waals surface area contributed by atoms with Gasteiger partial charge in [-0.05, 0) is 43.0 Å². The number of aryl methyl sites for hydroxylation is 1. The molecule has 0 unspecified atom stereocenters. The van der Waals surface area contributed by atoms with Gasteiger partial charge in [0.25, 0.3) is 0 Å². The molecule has 0 saturated heterocycles. The summed E-state index contributed by atoms with van der Waals surface area (Å²) in [5.74, 6) is 0. The molecular formula is C16H16S. The van der Waals surface area contributed by atoms with E-state index < -0.39 is 0 Å². The van der Waals surface area contributed by atoms with Gasteiger partial charge in [-0.3, -0.25) is 0 Å². The molecule has 0 aliphatic heterocycles. The lowest BCUT2D eigenvalue weighted by molar-refractivity contribution is 0.934. The van der Waals surface area contributed by atoms with Crippen molar-refractivity contribution in [1.82, 2.24) is 0 Å². The van der Waals surface area contributed by atoms with Crippen molar-refractivity contribution in [2.45, 2.75) is 29.9 Å². The summed E-state index contributed by atoms with van der Waals surface area (Å²) in [7, 11) is 0. The molecule has 0 saturated carbocycles. The smallest absolute Gasteiger partial charge is 0.0175 e. The molecule has 2 aromatic carbocycles. The Morgan fingerprint density at radius 3 is 2.29 bits per heavy atom. The average molecular weight is 240 g/mol. The maximum absolute atomic E-state index is 2.29. The summed E-state index contributed by atoms with van der Waals surface area (Å²) in [5, 5.41) is 0.717. The van der Waals surface area contributed by atoms with E-state index in [1.165, 1.54) is 34.4 Å². The first-order chi connectivity index (χ1) is 8.31. The van der Waals surface area contributed by atoms with Crippen LogP contribution in [0.5, 0.6) is 0 Å². The Morgan fingerprint density at radius 2 is 1.65 bits per heavy atom. The summed E-state index contributed by atoms with van der Waals surface area (Å²) in [6.45, 7) is 2.16. The van der Waals surface area contributed by atoms with E-state index in [4.69, 9.17) is 0 Å². The molecule has 17 heavy (non-hydrogen) atoms. The van der Waals surface area contributed by atoms with E-state index in [2.05, 4.69) is 55.5 Å². The molecule has 0 N–H and O–H groups in total. The van der Waals surface area contributed by atoms with Crippen LogP contribution in [0.4, 0.5) is 0 Å². The molecule has 3 rings (SSSR count). The van der Waals surface area contributed by atoms with Crippen LogP contribution in [-0.2, 0) is 12.8 Å². The second kappa shape index (κ2) is 4.58. The monoisotopic (exact) mass is 240 g/mol. The summed E-state index contributed by atoms with van der Waals surface area (Å²) in [6.07, 6.45) is 2.43. The second-order valence-corrected chi connectivity index (χ2v) is 6.11. The van der Waals surface area contributed by atoms with E-state index in [0.717, 1.165) is 0 Å². The van der Waals surface area contributed by atoms with E-state index in [-0.39, 0.29) is 0 Å². The van der Waals surface area contributed by atoms with Gasteiger partial charge in [0, 0.05) is 10.1 Å². The van der Waals surface area contributed by atoms with Gasteiger partial charge in [0.05, 0.1) is 0 Å². The van der Waals surface area contributed by atoms with Gasteiger partial charge < -0.3 is 0 Å². The van der Waals surface area contributed by atoms with E-state index in [0.29, 0.717) is 5.25 Å². The molecular weight excluding hydrogens is 224 g/mol. The standard InChI is InChI=1S/C16H16S/c1-12-5-4-8-15(9-12)17-16-10-13-6-2-3-7-14(13)11-16/h2-9,16H,10-11H2,1H3. The number of benzene rings is 2. The predicted molar refractivity (Wildman–Crippen MR) is 74.7 cm³/mol. The fourth-order valence-electron chi connectivity index (χ4n) is 2.48. The fourth-order valence-corrected chi connectivity index (χ4v) is 3.80. The first-order valence-corrected chi connectivity index (χ1v) is 6.99. The Hall–Kier alpha value is -1.21. The third-order valence-electron chi connectivity index (χ3n) is 3.31. The van der Waals surface area contributed by atoms with Crippen LogP contribution < -0.4 is 0 Å². The highest BCUT2D eigenvalue weighted by atomic mass is 32.2. The second-order valence-electron chi connectivity index (χ2n) is 4.73.